The van der Waals surface area contributed by atoms with Gasteiger partial charge in [0.25, 0.3) is 0 Å². The number of hydrogen-bond donors (Lipinski definition) is 1. The van der Waals surface area contributed by atoms with Gasteiger partial charge in [0.1, 0.15) is 5.75 Å². The van der Waals surface area contributed by atoms with Crippen molar-refractivity contribution in [1.29, 1.82) is 0 Å². The molecule has 0 amide bonds. The minimum Gasteiger partial charge on any atom is -0.492 e. The maximum Gasteiger partial charge on any atom is 0.133 e. The zero-order valence-electron chi connectivity index (χ0n) is 13.8. The SMILES string of the molecule is CCCNC(C)c1ccc(OCCC(C)(C)OC)c(Br)c1. The van der Waals surface area contributed by atoms with E-state index in [1.165, 1.54) is 5.56 Å². The fourth-order valence-electron chi connectivity index (χ4n) is 1.89. The molecule has 21 heavy (non-hydrogen) atoms. The van der Waals surface area contributed by atoms with E-state index in [-0.39, 0.29) is 5.60 Å². The van der Waals surface area contributed by atoms with Crippen LogP contribution in [-0.4, -0.2) is 25.9 Å². The predicted octanol–water partition coefficient (Wildman–Crippen LogP) is 4.70. The van der Waals surface area contributed by atoms with Crippen molar-refractivity contribution in [1.82, 2.24) is 5.32 Å². The van der Waals surface area contributed by atoms with Gasteiger partial charge in [-0.15, -0.1) is 0 Å². The standard InChI is InChI=1S/C17H28BrNO2/c1-6-10-19-13(2)14-7-8-16(15(18)12-14)21-11-9-17(3,4)20-5/h7-8,12-13,19H,6,9-11H2,1-5H3. The number of methoxy groups -OCH3 is 1. The van der Waals surface area contributed by atoms with Crippen LogP contribution in [0.1, 0.15) is 52.1 Å². The van der Waals surface area contributed by atoms with Crippen LogP contribution in [0.4, 0.5) is 0 Å². The normalized spacial score (nSPS) is 13.2. The highest BCUT2D eigenvalue weighted by atomic mass is 79.9. The summed E-state index contributed by atoms with van der Waals surface area (Å²) in [6.07, 6.45) is 1.99. The summed E-state index contributed by atoms with van der Waals surface area (Å²) in [6.45, 7) is 10.2. The first-order valence-corrected chi connectivity index (χ1v) is 8.39. The first-order chi connectivity index (χ1) is 9.89. The Bertz CT molecular complexity index is 435. The molecular weight excluding hydrogens is 330 g/mol. The Balaban J connectivity index is 2.58. The van der Waals surface area contributed by atoms with E-state index in [0.29, 0.717) is 12.6 Å². The molecule has 0 aliphatic rings. The smallest absolute Gasteiger partial charge is 0.133 e. The van der Waals surface area contributed by atoms with Gasteiger partial charge < -0.3 is 14.8 Å². The molecule has 0 heterocycles. The minimum absolute atomic E-state index is 0.148. The van der Waals surface area contributed by atoms with Crippen LogP contribution in [-0.2, 0) is 4.74 Å². The molecule has 1 N–H and O–H groups in total. The zero-order valence-corrected chi connectivity index (χ0v) is 15.4. The molecule has 0 radical (unpaired) electrons. The Kier molecular flexibility index (Phi) is 7.71. The Hall–Kier alpha value is -0.580. The van der Waals surface area contributed by atoms with E-state index in [1.807, 2.05) is 6.07 Å². The summed E-state index contributed by atoms with van der Waals surface area (Å²) >= 11 is 3.60. The molecule has 0 bridgehead atoms. The molecule has 1 aromatic rings. The predicted molar refractivity (Wildman–Crippen MR) is 92.1 cm³/mol. The van der Waals surface area contributed by atoms with Crippen molar-refractivity contribution in [2.75, 3.05) is 20.3 Å². The molecule has 0 aliphatic heterocycles. The second-order valence-electron chi connectivity index (χ2n) is 5.93. The molecule has 120 valence electrons. The number of halogens is 1. The summed E-state index contributed by atoms with van der Waals surface area (Å²) in [6, 6.07) is 6.63. The van der Waals surface area contributed by atoms with Crippen molar-refractivity contribution >= 4 is 15.9 Å². The van der Waals surface area contributed by atoms with E-state index < -0.39 is 0 Å². The van der Waals surface area contributed by atoms with E-state index in [1.54, 1.807) is 7.11 Å². The van der Waals surface area contributed by atoms with Crippen LogP contribution in [0.25, 0.3) is 0 Å². The Morgan fingerprint density at radius 2 is 2.05 bits per heavy atom. The van der Waals surface area contributed by atoms with Gasteiger partial charge in [0.15, 0.2) is 0 Å². The molecule has 3 nitrogen and oxygen atoms in total. The summed E-state index contributed by atoms with van der Waals surface area (Å²) in [7, 11) is 1.73. The van der Waals surface area contributed by atoms with E-state index in [2.05, 4.69) is 61.1 Å². The van der Waals surface area contributed by atoms with Gasteiger partial charge in [-0.25, -0.2) is 0 Å². The summed E-state index contributed by atoms with van der Waals surface area (Å²) in [4.78, 5) is 0. The van der Waals surface area contributed by atoms with Crippen molar-refractivity contribution < 1.29 is 9.47 Å². The number of rotatable bonds is 9. The van der Waals surface area contributed by atoms with Crippen LogP contribution in [0.2, 0.25) is 0 Å². The monoisotopic (exact) mass is 357 g/mol. The Morgan fingerprint density at radius 1 is 1.33 bits per heavy atom. The lowest BCUT2D eigenvalue weighted by Crippen LogP contribution is -2.25. The lowest BCUT2D eigenvalue weighted by Gasteiger charge is -2.23. The summed E-state index contributed by atoms with van der Waals surface area (Å²) < 4.78 is 12.2. The third-order valence-corrected chi connectivity index (χ3v) is 4.29. The van der Waals surface area contributed by atoms with Crippen molar-refractivity contribution in [3.8, 4) is 5.75 Å². The highest BCUT2D eigenvalue weighted by Gasteiger charge is 2.16. The van der Waals surface area contributed by atoms with E-state index in [4.69, 9.17) is 9.47 Å². The minimum atomic E-state index is -0.148. The maximum atomic E-state index is 5.84. The largest absolute Gasteiger partial charge is 0.492 e. The number of nitrogens with one attached hydrogen (secondary N) is 1. The van der Waals surface area contributed by atoms with Gasteiger partial charge in [0.2, 0.25) is 0 Å². The average Bonchev–Trinajstić information content (AvgIpc) is 2.46. The fourth-order valence-corrected chi connectivity index (χ4v) is 2.40. The second kappa shape index (κ2) is 8.76. The number of hydrogen-bond acceptors (Lipinski definition) is 3. The highest BCUT2D eigenvalue weighted by Crippen LogP contribution is 2.29. The average molecular weight is 358 g/mol. The molecule has 1 rings (SSSR count). The van der Waals surface area contributed by atoms with Gasteiger partial charge in [-0.2, -0.15) is 0 Å². The third kappa shape index (κ3) is 6.37. The highest BCUT2D eigenvalue weighted by molar-refractivity contribution is 9.10. The number of benzene rings is 1. The lowest BCUT2D eigenvalue weighted by atomic mass is 10.1. The molecule has 1 aromatic carbocycles. The summed E-state index contributed by atoms with van der Waals surface area (Å²) in [5.41, 5.74) is 1.12. The zero-order chi connectivity index (χ0) is 15.9. The van der Waals surface area contributed by atoms with Crippen LogP contribution in [0.15, 0.2) is 22.7 Å². The summed E-state index contributed by atoms with van der Waals surface area (Å²) in [5, 5.41) is 3.49. The van der Waals surface area contributed by atoms with E-state index in [0.717, 1.165) is 29.6 Å². The molecule has 0 saturated heterocycles. The lowest BCUT2D eigenvalue weighted by molar-refractivity contribution is 0.00539. The fraction of sp³-hybridized carbons (Fsp3) is 0.647. The molecule has 1 unspecified atom stereocenters. The first kappa shape index (κ1) is 18.5. The van der Waals surface area contributed by atoms with E-state index >= 15 is 0 Å². The molecule has 0 saturated carbocycles. The van der Waals surface area contributed by atoms with Crippen molar-refractivity contribution in [3.05, 3.63) is 28.2 Å². The number of ether oxygens (including phenoxy) is 2. The quantitative estimate of drug-likeness (QED) is 0.694. The molecule has 4 heteroatoms. The third-order valence-electron chi connectivity index (χ3n) is 3.67. The second-order valence-corrected chi connectivity index (χ2v) is 6.78. The van der Waals surface area contributed by atoms with Crippen molar-refractivity contribution in [2.45, 2.75) is 52.2 Å². The van der Waals surface area contributed by atoms with Gasteiger partial charge in [-0.1, -0.05) is 13.0 Å². The molecule has 0 aromatic heterocycles. The molecular formula is C17H28BrNO2. The molecule has 0 fully saturated rings. The Labute approximate surface area is 137 Å². The van der Waals surface area contributed by atoms with Crippen LogP contribution in [0.5, 0.6) is 5.75 Å². The van der Waals surface area contributed by atoms with E-state index in [9.17, 15) is 0 Å². The van der Waals surface area contributed by atoms with Crippen LogP contribution in [0.3, 0.4) is 0 Å². The van der Waals surface area contributed by atoms with Gasteiger partial charge in [0.05, 0.1) is 16.7 Å². The van der Waals surface area contributed by atoms with Gasteiger partial charge in [-0.05, 0) is 67.4 Å². The Morgan fingerprint density at radius 3 is 2.62 bits per heavy atom. The van der Waals surface area contributed by atoms with Gasteiger partial charge in [-0.3, -0.25) is 0 Å². The summed E-state index contributed by atoms with van der Waals surface area (Å²) in [5.74, 6) is 0.883. The van der Waals surface area contributed by atoms with Gasteiger partial charge >= 0.3 is 0 Å². The molecule has 0 aliphatic carbocycles. The molecule has 0 spiro atoms. The topological polar surface area (TPSA) is 30.5 Å². The molecule has 1 atom stereocenters. The first-order valence-electron chi connectivity index (χ1n) is 7.60. The van der Waals surface area contributed by atoms with Crippen molar-refractivity contribution in [2.24, 2.45) is 0 Å². The van der Waals surface area contributed by atoms with Gasteiger partial charge in [0, 0.05) is 19.6 Å². The van der Waals surface area contributed by atoms with Crippen LogP contribution in [0, 0.1) is 0 Å². The van der Waals surface area contributed by atoms with Crippen LogP contribution >= 0.6 is 15.9 Å². The maximum absolute atomic E-state index is 5.84. The van der Waals surface area contributed by atoms with Crippen LogP contribution < -0.4 is 10.1 Å². The van der Waals surface area contributed by atoms with Crippen molar-refractivity contribution in [3.63, 3.8) is 0 Å².